The summed E-state index contributed by atoms with van der Waals surface area (Å²) in [4.78, 5) is 23.2. The number of carbonyl (C=O) groups is 1. The number of rotatable bonds is 7. The van der Waals surface area contributed by atoms with Crippen molar-refractivity contribution < 1.29 is 18.1 Å². The molecule has 0 aromatic heterocycles. The Morgan fingerprint density at radius 3 is 2.50 bits per heavy atom. The summed E-state index contributed by atoms with van der Waals surface area (Å²) in [5, 5.41) is 14.2. The van der Waals surface area contributed by atoms with Crippen molar-refractivity contribution in [3.8, 4) is 0 Å². The molecule has 10 heteroatoms. The van der Waals surface area contributed by atoms with Gasteiger partial charge in [0.25, 0.3) is 5.69 Å². The van der Waals surface area contributed by atoms with E-state index in [0.717, 1.165) is 22.2 Å². The molecular weight excluding hydrogens is 406 g/mol. The summed E-state index contributed by atoms with van der Waals surface area (Å²) in [5.74, 6) is -0.570. The first-order valence-corrected chi connectivity index (χ1v) is 10.6. The first-order valence-electron chi connectivity index (χ1n) is 8.35. The van der Waals surface area contributed by atoms with E-state index in [0.29, 0.717) is 10.7 Å². The van der Waals surface area contributed by atoms with Crippen LogP contribution in [-0.2, 0) is 14.8 Å². The van der Waals surface area contributed by atoms with Gasteiger partial charge in [-0.2, -0.15) is 0 Å². The third-order valence-corrected chi connectivity index (χ3v) is 5.65. The maximum Gasteiger partial charge on any atom is 0.271 e. The van der Waals surface area contributed by atoms with Crippen LogP contribution in [0.2, 0.25) is 5.02 Å². The molecule has 1 N–H and O–H groups in total. The van der Waals surface area contributed by atoms with E-state index in [4.69, 9.17) is 11.6 Å². The Kier molecular flexibility index (Phi) is 6.63. The van der Waals surface area contributed by atoms with Crippen LogP contribution in [-0.4, -0.2) is 31.5 Å². The minimum absolute atomic E-state index is 0.0423. The van der Waals surface area contributed by atoms with Crippen LogP contribution in [0.1, 0.15) is 18.9 Å². The fourth-order valence-electron chi connectivity index (χ4n) is 2.70. The maximum absolute atomic E-state index is 12.8. The normalized spacial score (nSPS) is 12.3. The topological polar surface area (TPSA) is 110 Å². The fourth-order valence-corrected chi connectivity index (χ4v) is 4.08. The first kappa shape index (κ1) is 21.6. The van der Waals surface area contributed by atoms with Gasteiger partial charge in [0.05, 0.1) is 16.9 Å². The van der Waals surface area contributed by atoms with Crippen molar-refractivity contribution in [1.82, 2.24) is 0 Å². The number of nitro benzene ring substituents is 1. The van der Waals surface area contributed by atoms with Crippen molar-refractivity contribution in [3.63, 3.8) is 0 Å². The average molecular weight is 426 g/mol. The van der Waals surface area contributed by atoms with Crippen LogP contribution in [0.25, 0.3) is 0 Å². The summed E-state index contributed by atoms with van der Waals surface area (Å²) in [6.07, 6.45) is 1.10. The molecule has 0 saturated heterocycles. The number of amides is 1. The maximum atomic E-state index is 12.8. The first-order chi connectivity index (χ1) is 13.0. The second-order valence-corrected chi connectivity index (χ2v) is 8.48. The molecule has 1 unspecified atom stereocenters. The van der Waals surface area contributed by atoms with Crippen LogP contribution in [0, 0.1) is 17.0 Å². The number of sulfonamides is 1. The number of hydrogen-bond acceptors (Lipinski definition) is 5. The molecule has 2 aromatic rings. The third-order valence-electron chi connectivity index (χ3n) is 4.06. The van der Waals surface area contributed by atoms with E-state index in [1.807, 2.05) is 6.92 Å². The number of anilines is 2. The molecule has 2 aromatic carbocycles. The van der Waals surface area contributed by atoms with Crippen LogP contribution in [0.3, 0.4) is 0 Å². The SMILES string of the molecule is CCC(C(=O)Nc1ccc(C)c(Cl)c1)N(c1cccc([N+](=O)[O-])c1)S(C)(=O)=O. The highest BCUT2D eigenvalue weighted by molar-refractivity contribution is 7.92. The molecule has 1 amide bonds. The molecule has 1 atom stereocenters. The van der Waals surface area contributed by atoms with E-state index >= 15 is 0 Å². The van der Waals surface area contributed by atoms with Crippen molar-refractivity contribution >= 4 is 44.6 Å². The highest BCUT2D eigenvalue weighted by Crippen LogP contribution is 2.27. The van der Waals surface area contributed by atoms with Crippen LogP contribution in [0.4, 0.5) is 17.1 Å². The van der Waals surface area contributed by atoms with Gasteiger partial charge in [-0.1, -0.05) is 30.7 Å². The van der Waals surface area contributed by atoms with Crippen molar-refractivity contribution in [3.05, 3.63) is 63.2 Å². The van der Waals surface area contributed by atoms with Crippen LogP contribution >= 0.6 is 11.6 Å². The van der Waals surface area contributed by atoms with Gasteiger partial charge < -0.3 is 5.32 Å². The summed E-state index contributed by atoms with van der Waals surface area (Å²) in [6.45, 7) is 3.47. The molecule has 2 rings (SSSR count). The minimum atomic E-state index is -3.90. The molecule has 0 spiro atoms. The van der Waals surface area contributed by atoms with Crippen LogP contribution < -0.4 is 9.62 Å². The Morgan fingerprint density at radius 2 is 1.96 bits per heavy atom. The zero-order valence-corrected chi connectivity index (χ0v) is 17.1. The number of aryl methyl sites for hydroxylation is 1. The van der Waals surface area contributed by atoms with Crippen molar-refractivity contribution in [1.29, 1.82) is 0 Å². The lowest BCUT2D eigenvalue weighted by Gasteiger charge is -2.30. The molecule has 0 aliphatic rings. The van der Waals surface area contributed by atoms with Gasteiger partial charge >= 0.3 is 0 Å². The average Bonchev–Trinajstić information content (AvgIpc) is 2.61. The van der Waals surface area contributed by atoms with E-state index in [1.54, 1.807) is 25.1 Å². The zero-order valence-electron chi connectivity index (χ0n) is 15.5. The molecule has 0 heterocycles. The standard InChI is InChI=1S/C18H20ClN3O5S/c1-4-17(18(23)20-13-9-8-12(2)16(19)10-13)21(28(3,26)27)14-6-5-7-15(11-14)22(24)25/h5-11,17H,4H2,1-3H3,(H,20,23). The number of halogens is 1. The molecular formula is C18H20ClN3O5S. The molecule has 0 radical (unpaired) electrons. The lowest BCUT2D eigenvalue weighted by Crippen LogP contribution is -2.47. The highest BCUT2D eigenvalue weighted by atomic mass is 35.5. The van der Waals surface area contributed by atoms with E-state index in [2.05, 4.69) is 5.32 Å². The highest BCUT2D eigenvalue weighted by Gasteiger charge is 2.32. The number of nitrogens with one attached hydrogen (secondary N) is 1. The summed E-state index contributed by atoms with van der Waals surface area (Å²) in [6, 6.07) is 9.01. The van der Waals surface area contributed by atoms with E-state index in [-0.39, 0.29) is 17.8 Å². The van der Waals surface area contributed by atoms with Crippen molar-refractivity contribution in [2.45, 2.75) is 26.3 Å². The van der Waals surface area contributed by atoms with Crippen LogP contribution in [0.15, 0.2) is 42.5 Å². The molecule has 150 valence electrons. The Morgan fingerprint density at radius 1 is 1.29 bits per heavy atom. The molecule has 8 nitrogen and oxygen atoms in total. The molecule has 0 aliphatic heterocycles. The van der Waals surface area contributed by atoms with Gasteiger partial charge in [0.1, 0.15) is 6.04 Å². The van der Waals surface area contributed by atoms with Crippen molar-refractivity contribution in [2.24, 2.45) is 0 Å². The van der Waals surface area contributed by atoms with Crippen LogP contribution in [0.5, 0.6) is 0 Å². The smallest absolute Gasteiger partial charge is 0.271 e. The minimum Gasteiger partial charge on any atom is -0.324 e. The van der Waals surface area contributed by atoms with Crippen molar-refractivity contribution in [2.75, 3.05) is 15.9 Å². The molecule has 28 heavy (non-hydrogen) atoms. The number of hydrogen-bond donors (Lipinski definition) is 1. The quantitative estimate of drug-likeness (QED) is 0.536. The van der Waals surface area contributed by atoms with Gasteiger partial charge in [-0.25, -0.2) is 8.42 Å². The van der Waals surface area contributed by atoms with Gasteiger partial charge in [-0.3, -0.25) is 19.2 Å². The Balaban J connectivity index is 2.42. The largest absolute Gasteiger partial charge is 0.324 e. The predicted octanol–water partition coefficient (Wildman–Crippen LogP) is 3.74. The number of nitro groups is 1. The third kappa shape index (κ3) is 4.99. The summed E-state index contributed by atoms with van der Waals surface area (Å²) >= 11 is 6.07. The zero-order chi connectivity index (χ0) is 21.1. The monoisotopic (exact) mass is 425 g/mol. The van der Waals surface area contributed by atoms with E-state index in [9.17, 15) is 23.3 Å². The summed E-state index contributed by atoms with van der Waals surface area (Å²) < 4.78 is 25.7. The molecule has 0 aliphatic carbocycles. The Labute approximate surface area is 168 Å². The van der Waals surface area contributed by atoms with E-state index < -0.39 is 26.9 Å². The second-order valence-electron chi connectivity index (χ2n) is 6.21. The summed E-state index contributed by atoms with van der Waals surface area (Å²) in [5.41, 5.74) is 1.03. The number of benzene rings is 2. The molecule has 0 fully saturated rings. The molecule has 0 saturated carbocycles. The van der Waals surface area contributed by atoms with Gasteiger partial charge in [0.15, 0.2) is 0 Å². The number of non-ortho nitro benzene ring substituents is 1. The predicted molar refractivity (Wildman–Crippen MR) is 109 cm³/mol. The lowest BCUT2D eigenvalue weighted by molar-refractivity contribution is -0.384. The van der Waals surface area contributed by atoms with Gasteiger partial charge in [-0.05, 0) is 37.1 Å². The molecule has 0 bridgehead atoms. The van der Waals surface area contributed by atoms with E-state index in [1.165, 1.54) is 18.2 Å². The number of nitrogens with zero attached hydrogens (tertiary/aromatic N) is 2. The Bertz CT molecular complexity index is 1010. The lowest BCUT2D eigenvalue weighted by atomic mass is 10.1. The number of carbonyl (C=O) groups excluding carboxylic acids is 1. The van der Waals surface area contributed by atoms with Gasteiger partial charge in [0.2, 0.25) is 15.9 Å². The van der Waals surface area contributed by atoms with Gasteiger partial charge in [-0.15, -0.1) is 0 Å². The Hall–Kier alpha value is -2.65. The van der Waals surface area contributed by atoms with Gasteiger partial charge in [0, 0.05) is 22.8 Å². The second kappa shape index (κ2) is 8.57. The summed E-state index contributed by atoms with van der Waals surface area (Å²) in [7, 11) is -3.90. The fraction of sp³-hybridized carbons (Fsp3) is 0.278.